The zero-order valence-corrected chi connectivity index (χ0v) is 17.3. The Morgan fingerprint density at radius 1 is 1.28 bits per heavy atom. The van der Waals surface area contributed by atoms with Gasteiger partial charge in [0.2, 0.25) is 0 Å². The number of aromatic nitrogens is 1. The summed E-state index contributed by atoms with van der Waals surface area (Å²) < 4.78 is 5.51. The number of furan rings is 1. The smallest absolute Gasteiger partial charge is 0.257 e. The number of amides is 1. The Labute approximate surface area is 174 Å². The number of hydrogen-bond donors (Lipinski definition) is 1. The second kappa shape index (κ2) is 8.71. The highest BCUT2D eigenvalue weighted by Gasteiger charge is 2.34. The van der Waals surface area contributed by atoms with Gasteiger partial charge in [0, 0.05) is 29.7 Å². The molecule has 3 aromatic heterocycles. The Morgan fingerprint density at radius 2 is 2.10 bits per heavy atom. The van der Waals surface area contributed by atoms with Gasteiger partial charge < -0.3 is 9.73 Å². The predicted octanol–water partition coefficient (Wildman–Crippen LogP) is 4.40. The van der Waals surface area contributed by atoms with E-state index in [4.69, 9.17) is 4.42 Å². The van der Waals surface area contributed by atoms with Crippen molar-refractivity contribution in [1.29, 1.82) is 0 Å². The molecule has 1 aliphatic heterocycles. The van der Waals surface area contributed by atoms with Crippen molar-refractivity contribution in [2.75, 3.05) is 6.54 Å². The first-order chi connectivity index (χ1) is 14.1. The van der Waals surface area contributed by atoms with Gasteiger partial charge in [-0.1, -0.05) is 19.9 Å². The zero-order chi connectivity index (χ0) is 20.2. The van der Waals surface area contributed by atoms with E-state index in [1.165, 1.54) is 0 Å². The molecule has 0 saturated carbocycles. The van der Waals surface area contributed by atoms with Crippen LogP contribution in [0.5, 0.6) is 0 Å². The quantitative estimate of drug-likeness (QED) is 0.629. The van der Waals surface area contributed by atoms with Crippen LogP contribution in [0.15, 0.2) is 70.0 Å². The second-order valence-corrected chi connectivity index (χ2v) is 8.36. The zero-order valence-electron chi connectivity index (χ0n) is 16.5. The Hall–Kier alpha value is -2.77. The first-order valence-corrected chi connectivity index (χ1v) is 10.6. The molecule has 4 heterocycles. The molecule has 0 radical (unpaired) electrons. The molecule has 0 unspecified atom stereocenters. The van der Waals surface area contributed by atoms with Gasteiger partial charge in [0.25, 0.3) is 5.91 Å². The molecule has 4 rings (SSSR count). The number of nitrogens with zero attached hydrogens (tertiary/aromatic N) is 3. The van der Waals surface area contributed by atoms with Gasteiger partial charge in [-0.25, -0.2) is 5.01 Å². The van der Waals surface area contributed by atoms with Crippen molar-refractivity contribution in [3.05, 3.63) is 76.6 Å². The Bertz CT molecular complexity index is 952. The van der Waals surface area contributed by atoms with Crippen molar-refractivity contribution in [2.24, 2.45) is 11.0 Å². The maximum Gasteiger partial charge on any atom is 0.257 e. The molecule has 0 bridgehead atoms. The molecule has 2 atom stereocenters. The van der Waals surface area contributed by atoms with Crippen LogP contribution in [0.25, 0.3) is 0 Å². The van der Waals surface area contributed by atoms with Gasteiger partial charge in [0.15, 0.2) is 0 Å². The normalized spacial score (nSPS) is 17.6. The first-order valence-electron chi connectivity index (χ1n) is 9.73. The minimum Gasteiger partial charge on any atom is -0.463 e. The van der Waals surface area contributed by atoms with Gasteiger partial charge in [-0.15, -0.1) is 11.3 Å². The van der Waals surface area contributed by atoms with Crippen LogP contribution in [0.1, 0.15) is 48.6 Å². The highest BCUT2D eigenvalue weighted by Crippen LogP contribution is 2.35. The topological polar surface area (TPSA) is 70.7 Å². The van der Waals surface area contributed by atoms with E-state index in [9.17, 15) is 4.79 Å². The molecule has 0 aliphatic carbocycles. The standard InChI is InChI=1S/C22H24N4O2S/c1-15(2)22(16-7-9-23-10-8-16)24-14-21(27)26-18(20-6-4-12-29-20)13-17(25-26)19-5-3-11-28-19/h3-12,15,18,22,24H,13-14H2,1-2H3/t18-,22+/m0/s1. The number of thiophene rings is 1. The number of rotatable bonds is 7. The summed E-state index contributed by atoms with van der Waals surface area (Å²) in [5, 5.41) is 11.7. The third-order valence-electron chi connectivity index (χ3n) is 5.05. The van der Waals surface area contributed by atoms with Gasteiger partial charge in [-0.2, -0.15) is 5.10 Å². The van der Waals surface area contributed by atoms with E-state index < -0.39 is 0 Å². The van der Waals surface area contributed by atoms with Crippen LogP contribution >= 0.6 is 11.3 Å². The van der Waals surface area contributed by atoms with Crippen molar-refractivity contribution in [3.63, 3.8) is 0 Å². The fourth-order valence-electron chi connectivity index (χ4n) is 3.62. The number of nitrogens with one attached hydrogen (secondary N) is 1. The van der Waals surface area contributed by atoms with Gasteiger partial charge in [-0.3, -0.25) is 9.78 Å². The lowest BCUT2D eigenvalue weighted by atomic mass is 9.97. The van der Waals surface area contributed by atoms with Crippen molar-refractivity contribution in [2.45, 2.75) is 32.4 Å². The molecule has 0 fully saturated rings. The van der Waals surface area contributed by atoms with E-state index >= 15 is 0 Å². The Balaban J connectivity index is 1.51. The molecule has 1 aliphatic rings. The number of hydrazone groups is 1. The van der Waals surface area contributed by atoms with Crippen LogP contribution in [-0.2, 0) is 4.79 Å². The van der Waals surface area contributed by atoms with Gasteiger partial charge in [0.05, 0.1) is 18.8 Å². The van der Waals surface area contributed by atoms with Crippen LogP contribution in [0.2, 0.25) is 0 Å². The van der Waals surface area contributed by atoms with Crippen molar-refractivity contribution in [3.8, 4) is 0 Å². The molecule has 7 heteroatoms. The largest absolute Gasteiger partial charge is 0.463 e. The molecule has 6 nitrogen and oxygen atoms in total. The Morgan fingerprint density at radius 3 is 2.76 bits per heavy atom. The summed E-state index contributed by atoms with van der Waals surface area (Å²) >= 11 is 1.64. The second-order valence-electron chi connectivity index (χ2n) is 7.38. The van der Waals surface area contributed by atoms with Gasteiger partial charge in [-0.05, 0) is 47.2 Å². The summed E-state index contributed by atoms with van der Waals surface area (Å²) in [6.07, 6.45) is 5.84. The minimum atomic E-state index is -0.0946. The van der Waals surface area contributed by atoms with Crippen LogP contribution in [0.4, 0.5) is 0 Å². The molecule has 1 N–H and O–H groups in total. The summed E-state index contributed by atoms with van der Waals surface area (Å²) in [5.41, 5.74) is 1.93. The molecule has 150 valence electrons. The Kier molecular flexibility index (Phi) is 5.87. The van der Waals surface area contributed by atoms with E-state index in [1.807, 2.05) is 35.7 Å². The lowest BCUT2D eigenvalue weighted by Crippen LogP contribution is -2.38. The number of carbonyl (C=O) groups excluding carboxylic acids is 1. The fourth-order valence-corrected chi connectivity index (χ4v) is 4.43. The van der Waals surface area contributed by atoms with E-state index in [1.54, 1.807) is 35.0 Å². The molecule has 3 aromatic rings. The number of carbonyl (C=O) groups is 1. The van der Waals surface area contributed by atoms with Crippen LogP contribution in [-0.4, -0.2) is 28.2 Å². The highest BCUT2D eigenvalue weighted by molar-refractivity contribution is 7.10. The number of pyridine rings is 1. The van der Waals surface area contributed by atoms with Crippen LogP contribution < -0.4 is 5.32 Å². The van der Waals surface area contributed by atoms with Crippen molar-refractivity contribution >= 4 is 23.0 Å². The first kappa shape index (κ1) is 19.5. The summed E-state index contributed by atoms with van der Waals surface area (Å²) in [5.74, 6) is 0.996. The lowest BCUT2D eigenvalue weighted by molar-refractivity contribution is -0.132. The minimum absolute atomic E-state index is 0.0512. The molecule has 0 saturated heterocycles. The van der Waals surface area contributed by atoms with E-state index in [-0.39, 0.29) is 24.5 Å². The number of hydrogen-bond acceptors (Lipinski definition) is 6. The highest BCUT2D eigenvalue weighted by atomic mass is 32.1. The van der Waals surface area contributed by atoms with Gasteiger partial charge in [0.1, 0.15) is 11.5 Å². The third-order valence-corrected chi connectivity index (χ3v) is 6.02. The summed E-state index contributed by atoms with van der Waals surface area (Å²) in [6.45, 7) is 4.49. The van der Waals surface area contributed by atoms with Crippen LogP contribution in [0.3, 0.4) is 0 Å². The van der Waals surface area contributed by atoms with Crippen molar-refractivity contribution in [1.82, 2.24) is 15.3 Å². The fraction of sp³-hybridized carbons (Fsp3) is 0.318. The van der Waals surface area contributed by atoms with Crippen molar-refractivity contribution < 1.29 is 9.21 Å². The van der Waals surface area contributed by atoms with E-state index in [0.717, 1.165) is 16.2 Å². The molecule has 1 amide bonds. The average molecular weight is 409 g/mol. The summed E-state index contributed by atoms with van der Waals surface area (Å²) in [7, 11) is 0. The SMILES string of the molecule is CC(C)[C@@H](NCC(=O)N1N=C(c2ccco2)C[C@H]1c1cccs1)c1ccncc1. The molecule has 0 spiro atoms. The summed E-state index contributed by atoms with van der Waals surface area (Å²) in [4.78, 5) is 18.4. The maximum atomic E-state index is 13.1. The van der Waals surface area contributed by atoms with Gasteiger partial charge >= 0.3 is 0 Å². The van der Waals surface area contributed by atoms with Crippen LogP contribution in [0, 0.1) is 5.92 Å². The molecular weight excluding hydrogens is 384 g/mol. The maximum absolute atomic E-state index is 13.1. The molecule has 0 aromatic carbocycles. The van der Waals surface area contributed by atoms with E-state index in [0.29, 0.717) is 18.1 Å². The average Bonchev–Trinajstić information content (AvgIpc) is 3.49. The third kappa shape index (κ3) is 4.31. The molecule has 29 heavy (non-hydrogen) atoms. The summed E-state index contributed by atoms with van der Waals surface area (Å²) in [6, 6.07) is 11.7. The predicted molar refractivity (Wildman–Crippen MR) is 114 cm³/mol. The van der Waals surface area contributed by atoms with E-state index in [2.05, 4.69) is 35.3 Å². The molecular formula is C22H24N4O2S. The monoisotopic (exact) mass is 408 g/mol. The lowest BCUT2D eigenvalue weighted by Gasteiger charge is -2.25.